The lowest BCUT2D eigenvalue weighted by Gasteiger charge is -2.13. The molecule has 0 spiro atoms. The minimum absolute atomic E-state index is 0.0744. The van der Waals surface area contributed by atoms with Crippen LogP contribution < -0.4 is 10.1 Å². The van der Waals surface area contributed by atoms with E-state index in [0.29, 0.717) is 0 Å². The van der Waals surface area contributed by atoms with Crippen LogP contribution in [-0.2, 0) is 6.18 Å². The van der Waals surface area contributed by atoms with Crippen molar-refractivity contribution in [1.29, 1.82) is 0 Å². The molecule has 3 aromatic rings. The molecule has 0 aliphatic heterocycles. The number of alkyl halides is 6. The van der Waals surface area contributed by atoms with Gasteiger partial charge in [0, 0.05) is 11.1 Å². The minimum Gasteiger partial charge on any atom is -0.508 e. The SMILES string of the molecule is Oc1ccc2nc(Nc3ccc(OC(F)(F)F)cc3)nc(C(F)(F)F)c2c1. The molecule has 0 radical (unpaired) electrons. The van der Waals surface area contributed by atoms with Gasteiger partial charge < -0.3 is 15.2 Å². The molecule has 11 heteroatoms. The molecule has 142 valence electrons. The zero-order valence-corrected chi connectivity index (χ0v) is 13.1. The van der Waals surface area contributed by atoms with Crippen LogP contribution in [0.1, 0.15) is 5.69 Å². The standard InChI is InChI=1S/C16H9F6N3O2/c17-15(18,19)13-11-7-9(26)3-6-12(11)24-14(25-13)23-8-1-4-10(5-2-8)27-16(20,21)22/h1-7,26H,(H,23,24,25). The summed E-state index contributed by atoms with van der Waals surface area (Å²) in [6.07, 6.45) is -9.67. The minimum atomic E-state index is -4.86. The lowest BCUT2D eigenvalue weighted by Crippen LogP contribution is -2.17. The van der Waals surface area contributed by atoms with E-state index in [0.717, 1.165) is 18.2 Å². The van der Waals surface area contributed by atoms with Gasteiger partial charge in [-0.2, -0.15) is 13.2 Å². The first-order valence-corrected chi connectivity index (χ1v) is 7.22. The van der Waals surface area contributed by atoms with Crippen molar-refractivity contribution in [2.24, 2.45) is 0 Å². The van der Waals surface area contributed by atoms with Gasteiger partial charge in [-0.3, -0.25) is 0 Å². The molecular formula is C16H9F6N3O2. The van der Waals surface area contributed by atoms with E-state index in [1.54, 1.807) is 0 Å². The van der Waals surface area contributed by atoms with Gasteiger partial charge in [-0.15, -0.1) is 13.2 Å². The molecule has 0 aliphatic carbocycles. The molecule has 0 aliphatic rings. The zero-order chi connectivity index (χ0) is 19.8. The molecule has 2 N–H and O–H groups in total. The van der Waals surface area contributed by atoms with Crippen LogP contribution in [0.2, 0.25) is 0 Å². The molecule has 5 nitrogen and oxygen atoms in total. The Morgan fingerprint density at radius 1 is 0.889 bits per heavy atom. The lowest BCUT2D eigenvalue weighted by molar-refractivity contribution is -0.274. The second kappa shape index (κ2) is 6.49. The Morgan fingerprint density at radius 3 is 2.15 bits per heavy atom. The van der Waals surface area contributed by atoms with Crippen LogP contribution in [-0.4, -0.2) is 21.4 Å². The van der Waals surface area contributed by atoms with E-state index < -0.39 is 29.9 Å². The number of halogens is 6. The molecule has 1 heterocycles. The quantitative estimate of drug-likeness (QED) is 0.618. The van der Waals surface area contributed by atoms with E-state index in [9.17, 15) is 31.4 Å². The van der Waals surface area contributed by atoms with Gasteiger partial charge in [0.25, 0.3) is 0 Å². The lowest BCUT2D eigenvalue weighted by atomic mass is 10.1. The summed E-state index contributed by atoms with van der Waals surface area (Å²) < 4.78 is 79.9. The summed E-state index contributed by atoms with van der Waals surface area (Å²) in [4.78, 5) is 7.34. The number of aromatic nitrogens is 2. The highest BCUT2D eigenvalue weighted by molar-refractivity contribution is 5.84. The van der Waals surface area contributed by atoms with Crippen LogP contribution in [0, 0.1) is 0 Å². The molecule has 27 heavy (non-hydrogen) atoms. The van der Waals surface area contributed by atoms with Crippen LogP contribution >= 0.6 is 0 Å². The number of phenolic OH excluding ortho intramolecular Hbond substituents is 1. The maximum absolute atomic E-state index is 13.3. The second-order valence-electron chi connectivity index (χ2n) is 5.29. The van der Waals surface area contributed by atoms with Crippen molar-refractivity contribution in [1.82, 2.24) is 9.97 Å². The highest BCUT2D eigenvalue weighted by atomic mass is 19.4. The number of ether oxygens (including phenoxy) is 1. The van der Waals surface area contributed by atoms with Gasteiger partial charge in [-0.05, 0) is 42.5 Å². The third-order valence-corrected chi connectivity index (χ3v) is 3.29. The first-order chi connectivity index (χ1) is 12.5. The van der Waals surface area contributed by atoms with Crippen molar-refractivity contribution in [3.8, 4) is 11.5 Å². The van der Waals surface area contributed by atoms with E-state index in [4.69, 9.17) is 0 Å². The number of nitrogens with one attached hydrogen (secondary N) is 1. The smallest absolute Gasteiger partial charge is 0.508 e. The topological polar surface area (TPSA) is 67.3 Å². The van der Waals surface area contributed by atoms with E-state index in [-0.39, 0.29) is 22.3 Å². The fourth-order valence-electron chi connectivity index (χ4n) is 2.26. The molecule has 0 bridgehead atoms. The number of rotatable bonds is 3. The van der Waals surface area contributed by atoms with Crippen molar-refractivity contribution in [2.75, 3.05) is 5.32 Å². The molecular weight excluding hydrogens is 380 g/mol. The normalized spacial score (nSPS) is 12.2. The van der Waals surface area contributed by atoms with Crippen molar-refractivity contribution >= 4 is 22.5 Å². The van der Waals surface area contributed by atoms with E-state index >= 15 is 0 Å². The Morgan fingerprint density at radius 2 is 1.56 bits per heavy atom. The average molecular weight is 389 g/mol. The summed E-state index contributed by atoms with van der Waals surface area (Å²) in [6, 6.07) is 7.55. The van der Waals surface area contributed by atoms with Gasteiger partial charge in [-0.25, -0.2) is 9.97 Å². The second-order valence-corrected chi connectivity index (χ2v) is 5.29. The summed E-state index contributed by atoms with van der Waals surface area (Å²) in [6.45, 7) is 0. The maximum atomic E-state index is 13.3. The van der Waals surface area contributed by atoms with Gasteiger partial charge in [0.15, 0.2) is 5.69 Å². The fraction of sp³-hybridized carbons (Fsp3) is 0.125. The summed E-state index contributed by atoms with van der Waals surface area (Å²) in [5.41, 5.74) is -1.19. The van der Waals surface area contributed by atoms with E-state index in [1.165, 1.54) is 24.3 Å². The largest absolute Gasteiger partial charge is 0.573 e. The Labute approximate surface area is 147 Å². The number of nitrogens with zero attached hydrogens (tertiary/aromatic N) is 2. The highest BCUT2D eigenvalue weighted by Crippen LogP contribution is 2.35. The van der Waals surface area contributed by atoms with E-state index in [2.05, 4.69) is 20.0 Å². The molecule has 0 atom stereocenters. The molecule has 0 saturated carbocycles. The summed E-state index contributed by atoms with van der Waals surface area (Å²) in [5.74, 6) is -1.28. The van der Waals surface area contributed by atoms with Crippen molar-refractivity contribution in [3.05, 3.63) is 48.2 Å². The zero-order valence-electron chi connectivity index (χ0n) is 13.1. The summed E-state index contributed by atoms with van der Waals surface area (Å²) in [5, 5.41) is 11.5. The Kier molecular flexibility index (Phi) is 4.46. The molecule has 1 aromatic heterocycles. The molecule has 0 saturated heterocycles. The third-order valence-electron chi connectivity index (χ3n) is 3.29. The molecule has 3 rings (SSSR count). The average Bonchev–Trinajstić information content (AvgIpc) is 2.54. The van der Waals surface area contributed by atoms with Crippen LogP contribution in [0.25, 0.3) is 10.9 Å². The first-order valence-electron chi connectivity index (χ1n) is 7.22. The summed E-state index contributed by atoms with van der Waals surface area (Å²) in [7, 11) is 0. The molecule has 2 aromatic carbocycles. The number of phenols is 1. The van der Waals surface area contributed by atoms with Gasteiger partial charge in [0.05, 0.1) is 5.52 Å². The predicted molar refractivity (Wildman–Crippen MR) is 82.6 cm³/mol. The number of hydrogen-bond acceptors (Lipinski definition) is 5. The van der Waals surface area contributed by atoms with E-state index in [1.807, 2.05) is 0 Å². The number of anilines is 2. The van der Waals surface area contributed by atoms with Crippen LogP contribution in [0.15, 0.2) is 42.5 Å². The predicted octanol–water partition coefficient (Wildman–Crippen LogP) is 5.00. The van der Waals surface area contributed by atoms with Gasteiger partial charge >= 0.3 is 12.5 Å². The Balaban J connectivity index is 1.94. The summed E-state index contributed by atoms with van der Waals surface area (Å²) >= 11 is 0. The number of fused-ring (bicyclic) bond motifs is 1. The Bertz CT molecular complexity index is 971. The maximum Gasteiger partial charge on any atom is 0.573 e. The van der Waals surface area contributed by atoms with Gasteiger partial charge in [-0.1, -0.05) is 0 Å². The Hall–Kier alpha value is -3.24. The van der Waals surface area contributed by atoms with Gasteiger partial charge in [0.2, 0.25) is 5.95 Å². The van der Waals surface area contributed by atoms with Crippen molar-refractivity contribution < 1.29 is 36.2 Å². The number of hydrogen-bond donors (Lipinski definition) is 2. The molecule has 0 fully saturated rings. The first kappa shape index (κ1) is 18.5. The molecule has 0 unspecified atom stereocenters. The molecule has 0 amide bonds. The van der Waals surface area contributed by atoms with Crippen LogP contribution in [0.5, 0.6) is 11.5 Å². The van der Waals surface area contributed by atoms with Gasteiger partial charge in [0.1, 0.15) is 11.5 Å². The van der Waals surface area contributed by atoms with Crippen LogP contribution in [0.4, 0.5) is 38.0 Å². The number of aromatic hydroxyl groups is 1. The monoisotopic (exact) mass is 389 g/mol. The van der Waals surface area contributed by atoms with Crippen molar-refractivity contribution in [2.45, 2.75) is 12.5 Å². The third kappa shape index (κ3) is 4.49. The van der Waals surface area contributed by atoms with Crippen LogP contribution in [0.3, 0.4) is 0 Å². The highest BCUT2D eigenvalue weighted by Gasteiger charge is 2.36. The fourth-order valence-corrected chi connectivity index (χ4v) is 2.26. The van der Waals surface area contributed by atoms with Crippen molar-refractivity contribution in [3.63, 3.8) is 0 Å². The number of benzene rings is 2.